The molecule has 4 aromatic rings. The zero-order chi connectivity index (χ0) is 28.1. The van der Waals surface area contributed by atoms with Gasteiger partial charge in [-0.3, -0.25) is 4.79 Å². The van der Waals surface area contributed by atoms with Crippen molar-refractivity contribution in [1.82, 2.24) is 5.32 Å². The molecule has 1 fully saturated rings. The molecule has 1 heterocycles. The third-order valence-electron chi connectivity index (χ3n) is 7.17. The summed E-state index contributed by atoms with van der Waals surface area (Å²) in [5, 5.41) is 27.7. The van der Waals surface area contributed by atoms with Gasteiger partial charge >= 0.3 is 0 Å². The summed E-state index contributed by atoms with van der Waals surface area (Å²) in [7, 11) is 1.49. The lowest BCUT2D eigenvalue weighted by Crippen LogP contribution is -3.14. The summed E-state index contributed by atoms with van der Waals surface area (Å²) < 4.78 is 5.21. The Kier molecular flexibility index (Phi) is 10.3. The van der Waals surface area contributed by atoms with Gasteiger partial charge in [-0.15, -0.1) is 0 Å². The van der Waals surface area contributed by atoms with Crippen molar-refractivity contribution < 1.29 is 34.9 Å². The Balaban J connectivity index is 0.000000221. The van der Waals surface area contributed by atoms with Gasteiger partial charge in [-0.05, 0) is 58.3 Å². The highest BCUT2D eigenvalue weighted by atomic mass is 35.5. The average molecular weight is 568 g/mol. The van der Waals surface area contributed by atoms with Crippen LogP contribution in [0.2, 0.25) is 5.02 Å². The molecule has 1 saturated heterocycles. The zero-order valence-electron chi connectivity index (χ0n) is 22.4. The first-order valence-corrected chi connectivity index (χ1v) is 13.1. The van der Waals surface area contributed by atoms with Crippen LogP contribution >= 0.6 is 11.6 Å². The molecule has 40 heavy (non-hydrogen) atoms. The number of aromatic carboxylic acids is 1. The van der Waals surface area contributed by atoms with E-state index < -0.39 is 5.97 Å². The van der Waals surface area contributed by atoms with E-state index >= 15 is 0 Å². The monoisotopic (exact) mass is 567 g/mol. The minimum Gasteiger partial charge on any atom is -0.545 e. The minimum atomic E-state index is -1.14. The second kappa shape index (κ2) is 13.5. The van der Waals surface area contributed by atoms with Gasteiger partial charge in [0, 0.05) is 12.5 Å². The second-order valence-electron chi connectivity index (χ2n) is 9.62. The molecule has 1 unspecified atom stereocenters. The highest BCUT2D eigenvalue weighted by Gasteiger charge is 2.35. The number of nitrogens with one attached hydrogen (secondary N) is 2. The van der Waals surface area contributed by atoms with Gasteiger partial charge in [-0.2, -0.15) is 0 Å². The summed E-state index contributed by atoms with van der Waals surface area (Å²) in [6.07, 6.45) is 0.760. The van der Waals surface area contributed by atoms with Gasteiger partial charge in [0.2, 0.25) is 0 Å². The van der Waals surface area contributed by atoms with Crippen molar-refractivity contribution in [3.05, 3.63) is 82.9 Å². The second-order valence-corrected chi connectivity index (χ2v) is 10.0. The minimum absolute atomic E-state index is 0. The number of carbonyl (C=O) groups is 2. The Bertz CT molecular complexity index is 1500. The number of nitrogens with two attached hydrogens (primary N) is 1. The van der Waals surface area contributed by atoms with Crippen LogP contribution < -0.4 is 25.8 Å². The molecule has 7 N–H and O–H groups in total. The summed E-state index contributed by atoms with van der Waals surface area (Å²) in [6, 6.07) is 20.4. The number of methoxy groups -OCH3 is 1. The van der Waals surface area contributed by atoms with Gasteiger partial charge in [0.25, 0.3) is 5.91 Å². The number of hydrogen-bond acceptors (Lipinski definition) is 6. The molecule has 0 aliphatic carbocycles. The Morgan fingerprint density at radius 1 is 1.07 bits per heavy atom. The van der Waals surface area contributed by atoms with Crippen LogP contribution in [0.3, 0.4) is 0 Å². The Hall–Kier alpha value is -3.89. The van der Waals surface area contributed by atoms with E-state index in [1.54, 1.807) is 18.2 Å². The fraction of sp³-hybridized carbons (Fsp3) is 0.267. The molecular weight excluding hydrogens is 534 g/mol. The number of aliphatic hydroxyl groups is 1. The van der Waals surface area contributed by atoms with Crippen LogP contribution in [-0.2, 0) is 0 Å². The smallest absolute Gasteiger partial charge is 0.255 e. The molecule has 1 aliphatic rings. The van der Waals surface area contributed by atoms with Gasteiger partial charge in [-0.1, -0.05) is 48.0 Å². The number of anilines is 1. The number of fused-ring (bicyclic) bond motifs is 2. The number of ether oxygens (including phenoxy) is 1. The molecule has 0 aromatic heterocycles. The Labute approximate surface area is 237 Å². The predicted octanol–water partition coefficient (Wildman–Crippen LogP) is 1.23. The summed E-state index contributed by atoms with van der Waals surface area (Å²) in [5.74, 6) is -0.978. The van der Waals surface area contributed by atoms with Crippen LogP contribution in [0.4, 0.5) is 5.69 Å². The quantitative estimate of drug-likeness (QED) is 0.202. The normalized spacial score (nSPS) is 17.9. The highest BCUT2D eigenvalue weighted by molar-refractivity contribution is 6.33. The summed E-state index contributed by atoms with van der Waals surface area (Å²) in [6.45, 7) is 3.94. The maximum absolute atomic E-state index is 12.5. The highest BCUT2D eigenvalue weighted by Crippen LogP contribution is 2.29. The van der Waals surface area contributed by atoms with Crippen molar-refractivity contribution >= 4 is 50.7 Å². The SMILES string of the molecule is CC[NH+]1C[C@H](NC(=O)c2cc(Cl)c(N)cc2OC)C[C@H]1CO.O.O=C([O-])c1ccc2cc3ccccc3cc2c1. The molecule has 9 nitrogen and oxygen atoms in total. The standard InChI is InChI=1S/C15H22ClN3O3.C15H10O2.H2O/c1-3-19-7-9(4-10(19)8-20)18-15(21)11-5-12(16)13(17)6-14(11)22-2;16-15(17)13-6-5-12-7-10-3-1-2-4-11(10)8-14(12)9-13;/h5-6,9-10,20H,3-4,7-8,17H2,1-2H3,(H,18,21);1-9H,(H,16,17);1H2/t9-,10+;;/m1../s1. The van der Waals surface area contributed by atoms with Gasteiger partial charge in [0.1, 0.15) is 11.8 Å². The molecule has 1 amide bonds. The molecule has 0 spiro atoms. The van der Waals surface area contributed by atoms with E-state index in [1.165, 1.54) is 18.1 Å². The zero-order valence-corrected chi connectivity index (χ0v) is 23.1. The number of quaternary nitrogens is 1. The largest absolute Gasteiger partial charge is 0.545 e. The van der Waals surface area contributed by atoms with Crippen molar-refractivity contribution in [2.45, 2.75) is 25.4 Å². The van der Waals surface area contributed by atoms with E-state index in [0.29, 0.717) is 22.0 Å². The molecule has 10 heteroatoms. The molecule has 5 rings (SSSR count). The van der Waals surface area contributed by atoms with E-state index in [4.69, 9.17) is 22.1 Å². The Morgan fingerprint density at radius 3 is 2.30 bits per heavy atom. The van der Waals surface area contributed by atoms with Crippen LogP contribution in [0.1, 0.15) is 34.1 Å². The maximum Gasteiger partial charge on any atom is 0.255 e. The number of nitrogen functional groups attached to an aromatic ring is 1. The molecule has 4 aromatic carbocycles. The number of amides is 1. The number of hydrogen-bond donors (Lipinski definition) is 4. The van der Waals surface area contributed by atoms with Crippen molar-refractivity contribution in [2.75, 3.05) is 32.5 Å². The number of likely N-dealkylation sites (N-methyl/N-ethyl adjacent to an activating group) is 1. The van der Waals surface area contributed by atoms with Crippen molar-refractivity contribution in [3.63, 3.8) is 0 Å². The number of carboxylic acid groups (broad SMARTS) is 1. The number of carboxylic acids is 1. The first kappa shape index (κ1) is 30.6. The first-order valence-electron chi connectivity index (χ1n) is 12.8. The summed E-state index contributed by atoms with van der Waals surface area (Å²) in [4.78, 5) is 24.6. The number of benzene rings is 4. The molecular formula is C30H34ClN3O6. The van der Waals surface area contributed by atoms with E-state index in [2.05, 4.69) is 18.3 Å². The van der Waals surface area contributed by atoms with Crippen LogP contribution in [-0.4, -0.2) is 61.3 Å². The lowest BCUT2D eigenvalue weighted by Gasteiger charge is -2.17. The van der Waals surface area contributed by atoms with Crippen LogP contribution in [0.25, 0.3) is 21.5 Å². The number of rotatable bonds is 6. The lowest BCUT2D eigenvalue weighted by atomic mass is 10.0. The maximum atomic E-state index is 12.5. The van der Waals surface area contributed by atoms with E-state index in [-0.39, 0.29) is 35.6 Å². The van der Waals surface area contributed by atoms with E-state index in [9.17, 15) is 19.8 Å². The molecule has 1 aliphatic heterocycles. The topological polar surface area (TPSA) is 161 Å². The third kappa shape index (κ3) is 6.81. The lowest BCUT2D eigenvalue weighted by molar-refractivity contribution is -0.911. The van der Waals surface area contributed by atoms with Gasteiger partial charge in [0.05, 0.1) is 55.1 Å². The van der Waals surface area contributed by atoms with Gasteiger partial charge in [0.15, 0.2) is 0 Å². The van der Waals surface area contributed by atoms with Crippen molar-refractivity contribution in [1.29, 1.82) is 0 Å². The van der Waals surface area contributed by atoms with Gasteiger partial charge in [-0.25, -0.2) is 0 Å². The molecule has 0 bridgehead atoms. The number of halogens is 1. The predicted molar refractivity (Wildman–Crippen MR) is 155 cm³/mol. The number of carbonyl (C=O) groups excluding carboxylic acids is 2. The summed E-state index contributed by atoms with van der Waals surface area (Å²) >= 11 is 6.00. The molecule has 0 saturated carbocycles. The number of likely N-dealkylation sites (tertiary alicyclic amines) is 1. The molecule has 0 radical (unpaired) electrons. The third-order valence-corrected chi connectivity index (χ3v) is 7.50. The van der Waals surface area contributed by atoms with Crippen LogP contribution in [0, 0.1) is 0 Å². The average Bonchev–Trinajstić information content (AvgIpc) is 3.34. The fourth-order valence-corrected chi connectivity index (χ4v) is 5.23. The van der Waals surface area contributed by atoms with Gasteiger partial charge < -0.3 is 41.2 Å². The molecule has 212 valence electrons. The van der Waals surface area contributed by atoms with Crippen molar-refractivity contribution in [3.8, 4) is 5.75 Å². The van der Waals surface area contributed by atoms with E-state index in [1.807, 2.05) is 36.4 Å². The Morgan fingerprint density at radius 2 is 1.73 bits per heavy atom. The van der Waals surface area contributed by atoms with Crippen LogP contribution in [0.5, 0.6) is 5.75 Å². The first-order chi connectivity index (χ1) is 18.7. The summed E-state index contributed by atoms with van der Waals surface area (Å²) in [5.41, 5.74) is 6.68. The number of aliphatic hydroxyl groups excluding tert-OH is 1. The van der Waals surface area contributed by atoms with Crippen molar-refractivity contribution in [2.24, 2.45) is 0 Å². The fourth-order valence-electron chi connectivity index (χ4n) is 5.07. The van der Waals surface area contributed by atoms with Crippen LogP contribution in [0.15, 0.2) is 66.7 Å². The van der Waals surface area contributed by atoms with E-state index in [0.717, 1.165) is 41.1 Å². The molecule has 3 atom stereocenters.